The van der Waals surface area contributed by atoms with Gasteiger partial charge in [-0.15, -0.1) is 0 Å². The lowest BCUT2D eigenvalue weighted by Gasteiger charge is -2.34. The first-order valence-corrected chi connectivity index (χ1v) is 11.5. The van der Waals surface area contributed by atoms with Crippen molar-refractivity contribution in [3.05, 3.63) is 75.3 Å². The van der Waals surface area contributed by atoms with Gasteiger partial charge in [-0.3, -0.25) is 4.79 Å². The van der Waals surface area contributed by atoms with E-state index < -0.39 is 5.41 Å². The van der Waals surface area contributed by atoms with E-state index in [1.807, 2.05) is 69.3 Å². The first-order valence-electron chi connectivity index (χ1n) is 10.8. The third-order valence-corrected chi connectivity index (χ3v) is 6.54. The summed E-state index contributed by atoms with van der Waals surface area (Å²) in [6.45, 7) is 8.12. The van der Waals surface area contributed by atoms with Crippen LogP contribution in [-0.2, 0) is 4.79 Å². The molecule has 2 aromatic carbocycles. The van der Waals surface area contributed by atoms with Crippen LogP contribution in [0.3, 0.4) is 0 Å². The minimum atomic E-state index is -0.520. The van der Waals surface area contributed by atoms with Crippen molar-refractivity contribution in [2.75, 3.05) is 0 Å². The van der Waals surface area contributed by atoms with Gasteiger partial charge in [-0.1, -0.05) is 75.2 Å². The average molecular weight is 455 g/mol. The molecule has 0 radical (unpaired) electrons. The second-order valence-electron chi connectivity index (χ2n) is 9.75. The van der Waals surface area contributed by atoms with Gasteiger partial charge in [0, 0.05) is 21.4 Å². The van der Waals surface area contributed by atoms with E-state index in [0.29, 0.717) is 10.9 Å². The van der Waals surface area contributed by atoms with Crippen molar-refractivity contribution in [2.24, 2.45) is 22.4 Å². The van der Waals surface area contributed by atoms with E-state index in [4.69, 9.17) is 28.3 Å². The Morgan fingerprint density at radius 1 is 1.03 bits per heavy atom. The molecule has 3 atom stereocenters. The number of carbonyl (C=O) groups is 1. The fourth-order valence-corrected chi connectivity index (χ4v) is 4.81. The number of fused-ring (bicyclic) bond motifs is 1. The first kappa shape index (κ1) is 22.1. The number of rotatable bonds is 2. The lowest BCUT2D eigenvalue weighted by Crippen LogP contribution is -2.38. The van der Waals surface area contributed by atoms with Crippen LogP contribution in [-0.4, -0.2) is 16.6 Å². The van der Waals surface area contributed by atoms with Crippen LogP contribution in [0.5, 0.6) is 0 Å². The predicted octanol–water partition coefficient (Wildman–Crippen LogP) is 7.41. The Morgan fingerprint density at radius 2 is 1.61 bits per heavy atom. The summed E-state index contributed by atoms with van der Waals surface area (Å²) in [5, 5.41) is 8.11. The number of hydrogen-bond donors (Lipinski definition) is 0. The zero-order valence-electron chi connectivity index (χ0n) is 18.4. The molecule has 1 amide bonds. The summed E-state index contributed by atoms with van der Waals surface area (Å²) in [5.74, 6) is 0.699. The van der Waals surface area contributed by atoms with E-state index in [2.05, 4.69) is 13.0 Å². The molecule has 3 unspecified atom stereocenters. The summed E-state index contributed by atoms with van der Waals surface area (Å²) >= 11 is 12.2. The highest BCUT2D eigenvalue weighted by atomic mass is 35.5. The van der Waals surface area contributed by atoms with Crippen molar-refractivity contribution in [1.29, 1.82) is 0 Å². The summed E-state index contributed by atoms with van der Waals surface area (Å²) in [5.41, 5.74) is 3.89. The summed E-state index contributed by atoms with van der Waals surface area (Å²) in [7, 11) is 0. The molecule has 1 saturated carbocycles. The van der Waals surface area contributed by atoms with E-state index in [-0.39, 0.29) is 17.9 Å². The molecule has 0 N–H and O–H groups in total. The molecule has 1 aliphatic carbocycles. The van der Waals surface area contributed by atoms with Crippen molar-refractivity contribution >= 4 is 40.9 Å². The third kappa shape index (κ3) is 4.58. The largest absolute Gasteiger partial charge is 0.272 e. The minimum absolute atomic E-state index is 0.0350. The van der Waals surface area contributed by atoms with Gasteiger partial charge in [0.25, 0.3) is 0 Å². The topological polar surface area (TPSA) is 32.7 Å². The zero-order chi connectivity index (χ0) is 22.3. The highest BCUT2D eigenvalue weighted by molar-refractivity contribution is 6.30. The average Bonchev–Trinajstić information content (AvgIpc) is 3.08. The van der Waals surface area contributed by atoms with Crippen LogP contribution in [0.1, 0.15) is 57.7 Å². The Hall–Kier alpha value is -2.10. The van der Waals surface area contributed by atoms with Gasteiger partial charge >= 0.3 is 0 Å². The molecule has 2 aliphatic rings. The lowest BCUT2D eigenvalue weighted by atomic mass is 9.73. The number of halogens is 2. The van der Waals surface area contributed by atoms with Crippen molar-refractivity contribution < 1.29 is 4.79 Å². The van der Waals surface area contributed by atoms with Gasteiger partial charge in [0.2, 0.25) is 5.91 Å². The molecule has 3 nitrogen and oxygen atoms in total. The number of nitrogens with zero attached hydrogens (tertiary/aromatic N) is 2. The molecule has 4 rings (SSSR count). The van der Waals surface area contributed by atoms with E-state index in [1.54, 1.807) is 5.01 Å². The molecule has 0 aromatic heterocycles. The summed E-state index contributed by atoms with van der Waals surface area (Å²) in [6.07, 6.45) is 4.14. The SMILES string of the molecule is CC1C/C(=C\c2ccc(Cl)cc2)C2=NN(C(=O)C(C)(C)C)C(c3ccc(Cl)cc3)C2C1. The maximum atomic E-state index is 13.4. The third-order valence-electron chi connectivity index (χ3n) is 6.04. The molecular formula is C26H28Cl2N2O. The second kappa shape index (κ2) is 8.44. The maximum Gasteiger partial charge on any atom is 0.248 e. The van der Waals surface area contributed by atoms with Crippen LogP contribution in [0.2, 0.25) is 10.0 Å². The van der Waals surface area contributed by atoms with Gasteiger partial charge in [0.15, 0.2) is 0 Å². The van der Waals surface area contributed by atoms with E-state index in [9.17, 15) is 4.79 Å². The molecular weight excluding hydrogens is 427 g/mol. The number of amides is 1. The minimum Gasteiger partial charge on any atom is -0.272 e. The molecule has 1 heterocycles. The Bertz CT molecular complexity index is 1030. The van der Waals surface area contributed by atoms with Gasteiger partial charge < -0.3 is 0 Å². The Labute approximate surface area is 194 Å². The molecule has 1 aliphatic heterocycles. The van der Waals surface area contributed by atoms with E-state index in [0.717, 1.165) is 34.7 Å². The Kier molecular flexibility index (Phi) is 6.02. The van der Waals surface area contributed by atoms with Crippen LogP contribution in [0, 0.1) is 17.3 Å². The molecule has 0 saturated heterocycles. The molecule has 2 aromatic rings. The normalized spacial score (nSPS) is 24.8. The number of benzene rings is 2. The van der Waals surface area contributed by atoms with Gasteiger partial charge in [-0.25, -0.2) is 5.01 Å². The van der Waals surface area contributed by atoms with Crippen molar-refractivity contribution in [2.45, 2.75) is 46.6 Å². The first-order chi connectivity index (χ1) is 14.6. The van der Waals surface area contributed by atoms with Crippen LogP contribution in [0.15, 0.2) is 59.2 Å². The smallest absolute Gasteiger partial charge is 0.248 e. The van der Waals surface area contributed by atoms with E-state index in [1.165, 1.54) is 5.57 Å². The highest BCUT2D eigenvalue weighted by Gasteiger charge is 2.47. The van der Waals surface area contributed by atoms with Gasteiger partial charge in [0.05, 0.1) is 11.8 Å². The zero-order valence-corrected chi connectivity index (χ0v) is 19.9. The van der Waals surface area contributed by atoms with E-state index >= 15 is 0 Å². The van der Waals surface area contributed by atoms with Gasteiger partial charge in [-0.2, -0.15) is 5.10 Å². The molecule has 0 spiro atoms. The Morgan fingerprint density at radius 3 is 2.19 bits per heavy atom. The quantitative estimate of drug-likeness (QED) is 0.464. The van der Waals surface area contributed by atoms with Gasteiger partial charge in [-0.05, 0) is 65.8 Å². The molecule has 1 fully saturated rings. The summed E-state index contributed by atoms with van der Waals surface area (Å²) < 4.78 is 0. The summed E-state index contributed by atoms with van der Waals surface area (Å²) in [4.78, 5) is 13.4. The standard InChI is InChI=1S/C26H28Cl2N2O/c1-16-13-19(15-17-5-9-20(27)10-6-17)23-22(14-16)24(18-7-11-21(28)12-8-18)30(29-23)25(31)26(2,3)4/h5-12,15-16,22,24H,13-14H2,1-4H3/b19-15+. The molecule has 162 valence electrons. The van der Waals surface area contributed by atoms with Crippen LogP contribution in [0.4, 0.5) is 0 Å². The maximum absolute atomic E-state index is 13.4. The lowest BCUT2D eigenvalue weighted by molar-refractivity contribution is -0.142. The number of allylic oxidation sites excluding steroid dienone is 1. The van der Waals surface area contributed by atoms with Crippen LogP contribution >= 0.6 is 23.2 Å². The van der Waals surface area contributed by atoms with Crippen molar-refractivity contribution in [3.63, 3.8) is 0 Å². The fourth-order valence-electron chi connectivity index (χ4n) is 4.55. The number of hydrazone groups is 1. The highest BCUT2D eigenvalue weighted by Crippen LogP contribution is 2.47. The van der Waals surface area contributed by atoms with Crippen molar-refractivity contribution in [1.82, 2.24) is 5.01 Å². The van der Waals surface area contributed by atoms with Crippen LogP contribution < -0.4 is 0 Å². The molecule has 31 heavy (non-hydrogen) atoms. The molecule has 0 bridgehead atoms. The fraction of sp³-hybridized carbons (Fsp3) is 0.385. The number of carbonyl (C=O) groups excluding carboxylic acids is 1. The van der Waals surface area contributed by atoms with Crippen LogP contribution in [0.25, 0.3) is 6.08 Å². The Balaban J connectivity index is 1.80. The van der Waals surface area contributed by atoms with Crippen molar-refractivity contribution in [3.8, 4) is 0 Å². The predicted molar refractivity (Wildman–Crippen MR) is 129 cm³/mol. The summed E-state index contributed by atoms with van der Waals surface area (Å²) in [6, 6.07) is 15.6. The second-order valence-corrected chi connectivity index (χ2v) is 10.6. The van der Waals surface area contributed by atoms with Gasteiger partial charge in [0.1, 0.15) is 0 Å². The monoisotopic (exact) mass is 454 g/mol. The number of hydrogen-bond acceptors (Lipinski definition) is 2. The molecule has 5 heteroatoms.